The summed E-state index contributed by atoms with van der Waals surface area (Å²) in [5, 5.41) is 15.4. The van der Waals surface area contributed by atoms with Gasteiger partial charge in [-0.25, -0.2) is 0 Å². The first kappa shape index (κ1) is 18.7. The zero-order valence-corrected chi connectivity index (χ0v) is 13.5. The molecule has 0 aliphatic carbocycles. The Morgan fingerprint density at radius 2 is 2.12 bits per heavy atom. The second kappa shape index (κ2) is 8.49. The molecule has 2 aromatic rings. The van der Waals surface area contributed by atoms with Crippen LogP contribution >= 0.6 is 12.2 Å². The van der Waals surface area contributed by atoms with E-state index in [1.165, 1.54) is 24.4 Å². The van der Waals surface area contributed by atoms with Gasteiger partial charge in [-0.3, -0.25) is 5.43 Å². The van der Waals surface area contributed by atoms with Gasteiger partial charge in [-0.2, -0.15) is 5.10 Å². The van der Waals surface area contributed by atoms with E-state index in [-0.39, 0.29) is 17.5 Å². The topological polar surface area (TPSA) is 79.0 Å². The molecule has 2 rings (SSSR count). The van der Waals surface area contributed by atoms with Crippen LogP contribution in [0.4, 0.5) is 13.2 Å². The van der Waals surface area contributed by atoms with E-state index >= 15 is 0 Å². The molecule has 0 atom stereocenters. The van der Waals surface area contributed by atoms with Gasteiger partial charge in [0.25, 0.3) is 0 Å². The number of nitrogens with one attached hydrogen (secondary N) is 2. The lowest BCUT2D eigenvalue weighted by atomic mass is 10.2. The van der Waals surface area contributed by atoms with E-state index in [2.05, 4.69) is 20.6 Å². The van der Waals surface area contributed by atoms with Crippen LogP contribution in [-0.2, 0) is 0 Å². The molecule has 10 heteroatoms. The molecule has 0 aliphatic heterocycles. The number of aliphatic hydroxyl groups excluding tert-OH is 1. The van der Waals surface area contributed by atoms with Gasteiger partial charge < -0.3 is 19.6 Å². The van der Waals surface area contributed by atoms with Crippen molar-refractivity contribution in [3.05, 3.63) is 42.2 Å². The highest BCUT2D eigenvalue weighted by Gasteiger charge is 2.31. The molecule has 134 valence electrons. The third kappa shape index (κ3) is 6.43. The summed E-state index contributed by atoms with van der Waals surface area (Å²) >= 11 is 4.89. The molecular formula is C15H14F3N3O3S. The summed E-state index contributed by atoms with van der Waals surface area (Å²) in [5.41, 5.74) is 2.95. The largest absolute Gasteiger partial charge is 0.573 e. The fourth-order valence-electron chi connectivity index (χ4n) is 1.79. The average molecular weight is 373 g/mol. The molecule has 6 nitrogen and oxygen atoms in total. The molecule has 0 fully saturated rings. The molecular weight excluding hydrogens is 359 g/mol. The third-order valence-electron chi connectivity index (χ3n) is 2.73. The van der Waals surface area contributed by atoms with E-state index in [1.807, 2.05) is 0 Å². The number of thiocarbonyl (C=S) groups is 1. The molecule has 1 aromatic heterocycles. The molecule has 0 spiro atoms. The fraction of sp³-hybridized carbons (Fsp3) is 0.200. The fourth-order valence-corrected chi connectivity index (χ4v) is 1.94. The Morgan fingerprint density at radius 3 is 2.84 bits per heavy atom. The van der Waals surface area contributed by atoms with Crippen molar-refractivity contribution in [2.75, 3.05) is 13.2 Å². The van der Waals surface area contributed by atoms with Gasteiger partial charge in [0, 0.05) is 12.1 Å². The van der Waals surface area contributed by atoms with Crippen molar-refractivity contribution >= 4 is 23.5 Å². The first-order valence-corrected chi connectivity index (χ1v) is 7.42. The number of ether oxygens (including phenoxy) is 1. The molecule has 0 saturated carbocycles. The quantitative estimate of drug-likeness (QED) is 0.410. The number of aliphatic hydroxyl groups is 1. The molecule has 0 radical (unpaired) electrons. The minimum Gasteiger partial charge on any atom is -0.455 e. The van der Waals surface area contributed by atoms with E-state index in [0.29, 0.717) is 23.6 Å². The van der Waals surface area contributed by atoms with E-state index in [1.54, 1.807) is 18.2 Å². The first-order chi connectivity index (χ1) is 11.9. The zero-order chi connectivity index (χ0) is 18.3. The van der Waals surface area contributed by atoms with Gasteiger partial charge in [0.2, 0.25) is 0 Å². The van der Waals surface area contributed by atoms with Gasteiger partial charge in [0.05, 0.1) is 12.8 Å². The van der Waals surface area contributed by atoms with Crippen molar-refractivity contribution < 1.29 is 27.4 Å². The number of furan rings is 1. The summed E-state index contributed by atoms with van der Waals surface area (Å²) in [7, 11) is 0. The molecule has 3 N–H and O–H groups in total. The summed E-state index contributed by atoms with van der Waals surface area (Å²) in [6.07, 6.45) is -3.40. The summed E-state index contributed by atoms with van der Waals surface area (Å²) < 4.78 is 46.2. The van der Waals surface area contributed by atoms with E-state index in [0.717, 1.165) is 0 Å². The second-order valence-corrected chi connectivity index (χ2v) is 5.04. The third-order valence-corrected chi connectivity index (χ3v) is 2.97. The summed E-state index contributed by atoms with van der Waals surface area (Å²) in [4.78, 5) is 0. The van der Waals surface area contributed by atoms with Crippen molar-refractivity contribution in [2.24, 2.45) is 5.10 Å². The number of rotatable bonds is 6. The van der Waals surface area contributed by atoms with Crippen molar-refractivity contribution in [3.8, 4) is 17.1 Å². The Bertz CT molecular complexity index is 747. The number of hydrogen-bond acceptors (Lipinski definition) is 5. The molecule has 0 saturated heterocycles. The standard InChI is InChI=1S/C15H14F3N3O3S/c16-15(17,18)24-11-3-1-2-10(8-11)13-5-4-12(23-13)9-20-21-14(25)19-6-7-22/h1-5,8-9,22H,6-7H2,(H2,19,21,25). The molecule has 0 aliphatic rings. The van der Waals surface area contributed by atoms with Crippen molar-refractivity contribution in [3.63, 3.8) is 0 Å². The minimum absolute atomic E-state index is 0.0653. The van der Waals surface area contributed by atoms with Gasteiger partial charge in [0.1, 0.15) is 17.3 Å². The van der Waals surface area contributed by atoms with E-state index in [9.17, 15) is 13.2 Å². The van der Waals surface area contributed by atoms with Gasteiger partial charge in [0.15, 0.2) is 5.11 Å². The minimum atomic E-state index is -4.76. The normalized spacial score (nSPS) is 11.5. The Hall–Kier alpha value is -2.59. The predicted octanol–water partition coefficient (Wildman–Crippen LogP) is 2.64. The molecule has 1 heterocycles. The summed E-state index contributed by atoms with van der Waals surface area (Å²) in [6, 6.07) is 8.64. The predicted molar refractivity (Wildman–Crippen MR) is 89.2 cm³/mol. The van der Waals surface area contributed by atoms with Gasteiger partial charge in [-0.15, -0.1) is 13.2 Å². The van der Waals surface area contributed by atoms with Crippen LogP contribution in [0.15, 0.2) is 45.9 Å². The highest BCUT2D eigenvalue weighted by molar-refractivity contribution is 7.80. The number of benzene rings is 1. The maximum absolute atomic E-state index is 12.3. The smallest absolute Gasteiger partial charge is 0.455 e. The van der Waals surface area contributed by atoms with Crippen LogP contribution in [0.25, 0.3) is 11.3 Å². The maximum Gasteiger partial charge on any atom is 0.573 e. The maximum atomic E-state index is 12.3. The van der Waals surface area contributed by atoms with Crippen LogP contribution in [0.5, 0.6) is 5.75 Å². The number of alkyl halides is 3. The lowest BCUT2D eigenvalue weighted by molar-refractivity contribution is -0.274. The summed E-state index contributed by atoms with van der Waals surface area (Å²) in [6.45, 7) is 0.229. The first-order valence-electron chi connectivity index (χ1n) is 7.01. The average Bonchev–Trinajstić information content (AvgIpc) is 3.00. The zero-order valence-electron chi connectivity index (χ0n) is 12.7. The Morgan fingerprint density at radius 1 is 1.32 bits per heavy atom. The Labute approximate surface area is 146 Å². The van der Waals surface area contributed by atoms with Crippen LogP contribution in [0.3, 0.4) is 0 Å². The highest BCUT2D eigenvalue weighted by Crippen LogP contribution is 2.28. The monoisotopic (exact) mass is 373 g/mol. The molecule has 0 bridgehead atoms. The molecule has 0 unspecified atom stereocenters. The molecule has 25 heavy (non-hydrogen) atoms. The number of hydrogen-bond donors (Lipinski definition) is 3. The van der Waals surface area contributed by atoms with Crippen molar-refractivity contribution in [1.29, 1.82) is 0 Å². The van der Waals surface area contributed by atoms with Gasteiger partial charge in [-0.05, 0) is 36.5 Å². The highest BCUT2D eigenvalue weighted by atomic mass is 32.1. The molecule has 0 amide bonds. The van der Waals surface area contributed by atoms with Gasteiger partial charge >= 0.3 is 6.36 Å². The van der Waals surface area contributed by atoms with Crippen molar-refractivity contribution in [2.45, 2.75) is 6.36 Å². The number of nitrogens with zero attached hydrogens (tertiary/aromatic N) is 1. The van der Waals surface area contributed by atoms with Crippen LogP contribution in [-0.4, -0.2) is 35.9 Å². The SMILES string of the molecule is OCCNC(=S)NN=Cc1ccc(-c2cccc(OC(F)(F)F)c2)o1. The van der Waals surface area contributed by atoms with E-state index in [4.69, 9.17) is 21.7 Å². The number of halogens is 3. The van der Waals surface area contributed by atoms with E-state index < -0.39 is 6.36 Å². The second-order valence-electron chi connectivity index (χ2n) is 4.63. The van der Waals surface area contributed by atoms with Crippen LogP contribution in [0, 0.1) is 0 Å². The lowest BCUT2D eigenvalue weighted by Crippen LogP contribution is -2.33. The van der Waals surface area contributed by atoms with Crippen LogP contribution < -0.4 is 15.5 Å². The van der Waals surface area contributed by atoms with Crippen LogP contribution in [0.1, 0.15) is 5.76 Å². The van der Waals surface area contributed by atoms with Crippen molar-refractivity contribution in [1.82, 2.24) is 10.7 Å². The van der Waals surface area contributed by atoms with Crippen LogP contribution in [0.2, 0.25) is 0 Å². The van der Waals surface area contributed by atoms with Gasteiger partial charge in [-0.1, -0.05) is 12.1 Å². The summed E-state index contributed by atoms with van der Waals surface area (Å²) in [5.74, 6) is 0.392. The Kier molecular flexibility index (Phi) is 6.37. The number of hydrazone groups is 1. The molecule has 1 aromatic carbocycles. The Balaban J connectivity index is 2.01. The lowest BCUT2D eigenvalue weighted by Gasteiger charge is -2.09.